The molecule has 0 saturated carbocycles. The smallest absolute Gasteiger partial charge is 0.330 e. The van der Waals surface area contributed by atoms with E-state index in [0.29, 0.717) is 0 Å². The molecule has 0 aliphatic carbocycles. The molecule has 0 aromatic heterocycles. The van der Waals surface area contributed by atoms with Gasteiger partial charge in [0.2, 0.25) is 0 Å². The highest BCUT2D eigenvalue weighted by molar-refractivity contribution is 7.83. The first kappa shape index (κ1) is 28.6. The molecule has 0 atom stereocenters. The molecule has 13 N–H and O–H groups in total. The number of benzene rings is 2. The summed E-state index contributed by atoms with van der Waals surface area (Å²) in [6, 6.07) is 13.5. The summed E-state index contributed by atoms with van der Waals surface area (Å²) >= 11 is 0. The minimum Gasteiger partial charge on any atom is -0.481 e. The second-order valence-corrected chi connectivity index (χ2v) is 6.30. The maximum absolute atomic E-state index is 10.6. The van der Waals surface area contributed by atoms with Gasteiger partial charge in [-0.25, -0.2) is 10.3 Å². The molecule has 0 aliphatic heterocycles. The molecule has 2 aromatic carbocycles. The number of carboxylic acid groups (broad SMARTS) is 1. The van der Waals surface area contributed by atoms with Gasteiger partial charge in [0.1, 0.15) is 0 Å². The van der Waals surface area contributed by atoms with Gasteiger partial charge in [0.05, 0.1) is 6.42 Å². The number of hydrogen-bond donors (Lipinski definition) is 7. The molecule has 0 saturated heterocycles. The first-order valence-corrected chi connectivity index (χ1v) is 8.97. The van der Waals surface area contributed by atoms with E-state index in [2.05, 4.69) is 10.3 Å². The molecule has 2 aromatic rings. The van der Waals surface area contributed by atoms with Gasteiger partial charge >= 0.3 is 26.6 Å². The number of carboxylic acids is 1. The van der Waals surface area contributed by atoms with Gasteiger partial charge < -0.3 is 17.4 Å². The average Bonchev–Trinajstić information content (AvgIpc) is 2.34. The highest BCUT2D eigenvalue weighted by atomic mass is 32.2. The number of fused-ring (bicyclic) bond motifs is 1. The van der Waals surface area contributed by atoms with E-state index in [9.17, 15) is 4.79 Å². The van der Waals surface area contributed by atoms with Crippen LogP contribution in [0.1, 0.15) is 5.56 Å². The first-order chi connectivity index (χ1) is 10.8. The lowest BCUT2D eigenvalue weighted by atomic mass is 10.0. The fourth-order valence-corrected chi connectivity index (χ4v) is 1.61. The van der Waals surface area contributed by atoms with Crippen molar-refractivity contribution in [1.82, 2.24) is 12.3 Å². The van der Waals surface area contributed by atoms with Crippen LogP contribution in [0.4, 0.5) is 0 Å². The summed E-state index contributed by atoms with van der Waals surface area (Å²) in [5, 5.41) is 18.6. The third-order valence-electron chi connectivity index (χ3n) is 2.22. The van der Waals surface area contributed by atoms with E-state index in [-0.39, 0.29) is 18.7 Å². The predicted octanol–water partition coefficient (Wildman–Crippen LogP) is 0.287. The van der Waals surface area contributed by atoms with Gasteiger partial charge in [-0.1, -0.05) is 42.5 Å². The molecule has 0 unspecified atom stereocenters. The third kappa shape index (κ3) is 18.2. The molecule has 0 heterocycles. The summed E-state index contributed by atoms with van der Waals surface area (Å²) in [4.78, 5) is 10.6. The van der Waals surface area contributed by atoms with E-state index in [0.717, 1.165) is 16.3 Å². The zero-order valence-corrected chi connectivity index (χ0v) is 15.1. The standard InChI is InChI=1S/C12H10O2.2H3NO3S.2H3N/c13-12(14)8-10-6-3-5-9-4-1-2-7-11(9)10;2*1-5(2,3)4;;/h1-7H,8H2,(H,13,14);2*(H3,1,2,3,4);2*1H3. The Labute approximate surface area is 150 Å². The summed E-state index contributed by atoms with van der Waals surface area (Å²) in [6.45, 7) is 0. The Morgan fingerprint density at radius 3 is 1.65 bits per heavy atom. The number of rotatable bonds is 2. The number of aliphatic carboxylic acids is 1. The zero-order valence-electron chi connectivity index (χ0n) is 13.5. The Morgan fingerprint density at radius 2 is 1.23 bits per heavy atom. The lowest BCUT2D eigenvalue weighted by molar-refractivity contribution is -0.136. The lowest BCUT2D eigenvalue weighted by Gasteiger charge is -2.02. The van der Waals surface area contributed by atoms with Crippen LogP contribution in [0.15, 0.2) is 42.5 Å². The van der Waals surface area contributed by atoms with Crippen molar-refractivity contribution in [1.29, 1.82) is 0 Å². The van der Waals surface area contributed by atoms with Gasteiger partial charge in [-0.2, -0.15) is 16.8 Å². The lowest BCUT2D eigenvalue weighted by Crippen LogP contribution is -2.08. The van der Waals surface area contributed by atoms with Crippen molar-refractivity contribution in [2.45, 2.75) is 6.42 Å². The van der Waals surface area contributed by atoms with Crippen molar-refractivity contribution < 1.29 is 35.8 Å². The normalized spacial score (nSPS) is 10.0. The zero-order chi connectivity index (χ0) is 19.0. The largest absolute Gasteiger partial charge is 0.481 e. The second kappa shape index (κ2) is 12.2. The maximum Gasteiger partial charge on any atom is 0.330 e. The van der Waals surface area contributed by atoms with Crippen LogP contribution in [-0.4, -0.2) is 37.0 Å². The Kier molecular flexibility index (Phi) is 13.5. The SMILES string of the molecule is N.N.NS(=O)(=O)O.NS(=O)(=O)O.O=C(O)Cc1cccc2ccccc12. The Bertz CT molecular complexity index is 849. The Balaban J connectivity index is -0.000000375. The monoisotopic (exact) mass is 414 g/mol. The van der Waals surface area contributed by atoms with Crippen LogP contribution in [0.3, 0.4) is 0 Å². The molecule has 2 rings (SSSR count). The van der Waals surface area contributed by atoms with E-state index >= 15 is 0 Å². The van der Waals surface area contributed by atoms with Gasteiger partial charge in [0, 0.05) is 0 Å². The van der Waals surface area contributed by atoms with Gasteiger partial charge in [-0.05, 0) is 16.3 Å². The van der Waals surface area contributed by atoms with Crippen molar-refractivity contribution >= 4 is 37.4 Å². The molecule has 12 nitrogen and oxygen atoms in total. The Morgan fingerprint density at radius 1 is 0.846 bits per heavy atom. The highest BCUT2D eigenvalue weighted by Gasteiger charge is 2.03. The maximum atomic E-state index is 10.6. The molecule has 0 spiro atoms. The molecule has 0 amide bonds. The van der Waals surface area contributed by atoms with Crippen molar-refractivity contribution in [2.75, 3.05) is 0 Å². The first-order valence-electron chi connectivity index (χ1n) is 5.96. The predicted molar refractivity (Wildman–Crippen MR) is 96.8 cm³/mol. The van der Waals surface area contributed by atoms with Crippen LogP contribution in [0.25, 0.3) is 10.8 Å². The second-order valence-electron chi connectivity index (χ2n) is 4.24. The third-order valence-corrected chi connectivity index (χ3v) is 2.22. The molecule has 0 bridgehead atoms. The Hall–Kier alpha value is -2.17. The van der Waals surface area contributed by atoms with Gasteiger partial charge in [-0.3, -0.25) is 13.9 Å². The van der Waals surface area contributed by atoms with E-state index in [1.165, 1.54) is 0 Å². The molecule has 14 heteroatoms. The van der Waals surface area contributed by atoms with E-state index in [1.54, 1.807) is 0 Å². The van der Waals surface area contributed by atoms with Crippen molar-refractivity contribution in [3.05, 3.63) is 48.0 Å². The van der Waals surface area contributed by atoms with Gasteiger partial charge in [0.25, 0.3) is 0 Å². The molecule has 26 heavy (non-hydrogen) atoms. The number of hydrogen-bond acceptors (Lipinski definition) is 7. The summed E-state index contributed by atoms with van der Waals surface area (Å²) < 4.78 is 50.4. The van der Waals surface area contributed by atoms with E-state index in [4.69, 9.17) is 31.0 Å². The van der Waals surface area contributed by atoms with Crippen LogP contribution in [0.2, 0.25) is 0 Å². The molecular formula is C12H22N4O8S2. The average molecular weight is 414 g/mol. The van der Waals surface area contributed by atoms with Crippen molar-refractivity contribution in [3.8, 4) is 0 Å². The number of nitrogens with two attached hydrogens (primary N) is 2. The van der Waals surface area contributed by atoms with E-state index in [1.807, 2.05) is 42.5 Å². The highest BCUT2D eigenvalue weighted by Crippen LogP contribution is 2.18. The summed E-state index contributed by atoms with van der Waals surface area (Å²) in [7, 11) is -8.33. The fraction of sp³-hybridized carbons (Fsp3) is 0.0833. The van der Waals surface area contributed by atoms with Crippen LogP contribution in [0, 0.1) is 0 Å². The van der Waals surface area contributed by atoms with Gasteiger partial charge in [0.15, 0.2) is 0 Å². The summed E-state index contributed by atoms with van der Waals surface area (Å²) in [5.41, 5.74) is 0.871. The van der Waals surface area contributed by atoms with Crippen molar-refractivity contribution in [3.63, 3.8) is 0 Å². The van der Waals surface area contributed by atoms with Crippen LogP contribution < -0.4 is 22.6 Å². The van der Waals surface area contributed by atoms with Crippen molar-refractivity contribution in [2.24, 2.45) is 10.3 Å². The quantitative estimate of drug-likeness (QED) is 0.330. The van der Waals surface area contributed by atoms with Crippen LogP contribution in [0.5, 0.6) is 0 Å². The minimum atomic E-state index is -4.17. The number of carbonyl (C=O) groups is 1. The van der Waals surface area contributed by atoms with Crippen LogP contribution in [-0.2, 0) is 31.8 Å². The molecule has 150 valence electrons. The molecular weight excluding hydrogens is 392 g/mol. The van der Waals surface area contributed by atoms with Gasteiger partial charge in [-0.15, -0.1) is 0 Å². The van der Waals surface area contributed by atoms with E-state index < -0.39 is 26.6 Å². The minimum absolute atomic E-state index is 0. The topological polar surface area (TPSA) is 268 Å². The molecule has 0 radical (unpaired) electrons. The summed E-state index contributed by atoms with van der Waals surface area (Å²) in [6.07, 6.45) is 0.0847. The summed E-state index contributed by atoms with van der Waals surface area (Å²) in [5.74, 6) is -0.790. The fourth-order valence-electron chi connectivity index (χ4n) is 1.61. The molecule has 0 aliphatic rings. The van der Waals surface area contributed by atoms with Crippen LogP contribution >= 0.6 is 0 Å². The molecule has 0 fully saturated rings.